The Labute approximate surface area is 324 Å². The summed E-state index contributed by atoms with van der Waals surface area (Å²) in [5.74, 6) is -2.02. The smallest absolute Gasteiger partial charge is 0.410 e. The van der Waals surface area contributed by atoms with E-state index >= 15 is 4.39 Å². The van der Waals surface area contributed by atoms with Crippen LogP contribution in [0.3, 0.4) is 0 Å². The maximum atomic E-state index is 15.2. The topological polar surface area (TPSA) is 165 Å². The van der Waals surface area contributed by atoms with Crippen LogP contribution in [-0.4, -0.2) is 103 Å². The number of anilines is 2. The van der Waals surface area contributed by atoms with E-state index in [0.29, 0.717) is 57.4 Å². The van der Waals surface area contributed by atoms with Gasteiger partial charge in [-0.15, -0.1) is 0 Å². The number of carbonyl (C=O) groups excluding carboxylic acids is 5. The summed E-state index contributed by atoms with van der Waals surface area (Å²) in [6, 6.07) is 10.7. The molecule has 0 aliphatic carbocycles. The molecule has 3 N–H and O–H groups in total. The van der Waals surface area contributed by atoms with E-state index in [-0.39, 0.29) is 30.0 Å². The van der Waals surface area contributed by atoms with E-state index in [4.69, 9.17) is 18.9 Å². The van der Waals surface area contributed by atoms with Crippen molar-refractivity contribution in [3.05, 3.63) is 59.4 Å². The maximum absolute atomic E-state index is 15.2. The molecule has 0 aliphatic rings. The van der Waals surface area contributed by atoms with Crippen LogP contribution in [0.5, 0.6) is 0 Å². The fraction of sp³-hybridized carbons (Fsp3) is 0.575. The molecular formula is C40H60FN5O9. The summed E-state index contributed by atoms with van der Waals surface area (Å²) in [6.45, 7) is 17.8. The van der Waals surface area contributed by atoms with Gasteiger partial charge in [0.25, 0.3) is 5.91 Å². The van der Waals surface area contributed by atoms with Crippen LogP contribution in [0.25, 0.3) is 0 Å². The molecule has 0 radical (unpaired) electrons. The summed E-state index contributed by atoms with van der Waals surface area (Å²) in [5, 5.41) is 8.36. The first-order valence-electron chi connectivity index (χ1n) is 18.5. The Morgan fingerprint density at radius 3 is 1.64 bits per heavy atom. The molecule has 306 valence electrons. The van der Waals surface area contributed by atoms with Crippen molar-refractivity contribution in [1.82, 2.24) is 15.1 Å². The predicted molar refractivity (Wildman–Crippen MR) is 209 cm³/mol. The van der Waals surface area contributed by atoms with Gasteiger partial charge in [0.2, 0.25) is 0 Å². The van der Waals surface area contributed by atoms with Gasteiger partial charge in [-0.25, -0.2) is 23.6 Å². The van der Waals surface area contributed by atoms with Crippen LogP contribution in [0.4, 0.5) is 30.1 Å². The minimum absolute atomic E-state index is 0.0448. The van der Waals surface area contributed by atoms with Crippen molar-refractivity contribution in [2.45, 2.75) is 105 Å². The third kappa shape index (κ3) is 18.2. The van der Waals surface area contributed by atoms with Gasteiger partial charge in [0.15, 0.2) is 0 Å². The van der Waals surface area contributed by atoms with Gasteiger partial charge in [0, 0.05) is 44.8 Å². The van der Waals surface area contributed by atoms with Crippen molar-refractivity contribution >= 4 is 41.5 Å². The van der Waals surface area contributed by atoms with Crippen LogP contribution >= 0.6 is 0 Å². The highest BCUT2D eigenvalue weighted by atomic mass is 19.1. The standard InChI is InChI=1S/C40H60FN5O9/c1-38(2,3)53-35(49)43-21-17-25-46(37(51)55-40(7,8)9)23-15-14-22-45(36(50)54-39(4,5)6)24-16-20-42-32-27-31(29(26-30(32)41)34(48)52-10)44-33(47)28-18-12-11-13-19-28/h11-13,18-19,26-27,42H,14-17,20-25H2,1-10H3,(H,43,49)(H,44,47). The number of benzene rings is 2. The van der Waals surface area contributed by atoms with E-state index in [1.54, 1.807) is 102 Å². The zero-order chi connectivity index (χ0) is 41.4. The molecule has 55 heavy (non-hydrogen) atoms. The summed E-state index contributed by atoms with van der Waals surface area (Å²) in [5.41, 5.74) is -1.74. The van der Waals surface area contributed by atoms with Crippen LogP contribution in [0.2, 0.25) is 0 Å². The molecule has 2 aromatic rings. The molecule has 14 nitrogen and oxygen atoms in total. The van der Waals surface area contributed by atoms with E-state index < -0.39 is 52.8 Å². The lowest BCUT2D eigenvalue weighted by Crippen LogP contribution is -2.40. The minimum atomic E-state index is -0.814. The molecule has 0 atom stereocenters. The first kappa shape index (κ1) is 46.1. The van der Waals surface area contributed by atoms with Crippen LogP contribution in [0.1, 0.15) is 109 Å². The zero-order valence-electron chi connectivity index (χ0n) is 34.1. The molecule has 0 saturated heterocycles. The Morgan fingerprint density at radius 1 is 0.655 bits per heavy atom. The minimum Gasteiger partial charge on any atom is -0.465 e. The Kier molecular flexibility index (Phi) is 17.7. The second-order valence-corrected chi connectivity index (χ2v) is 15.9. The molecular weight excluding hydrogens is 713 g/mol. The summed E-state index contributed by atoms with van der Waals surface area (Å²) in [4.78, 5) is 66.7. The number of carbonyl (C=O) groups is 5. The van der Waals surface area contributed by atoms with E-state index in [9.17, 15) is 24.0 Å². The highest BCUT2D eigenvalue weighted by Gasteiger charge is 2.25. The molecule has 2 aromatic carbocycles. The largest absolute Gasteiger partial charge is 0.465 e. The average Bonchev–Trinajstić information content (AvgIpc) is 3.06. The first-order chi connectivity index (χ1) is 25.6. The van der Waals surface area contributed by atoms with E-state index in [0.717, 1.165) is 13.2 Å². The lowest BCUT2D eigenvalue weighted by molar-refractivity contribution is 0.0208. The molecule has 0 unspecified atom stereocenters. The summed E-state index contributed by atoms with van der Waals surface area (Å²) in [7, 11) is 1.16. The van der Waals surface area contributed by atoms with Crippen LogP contribution in [-0.2, 0) is 18.9 Å². The van der Waals surface area contributed by atoms with Gasteiger partial charge < -0.3 is 44.7 Å². The molecule has 0 heterocycles. The summed E-state index contributed by atoms with van der Waals surface area (Å²) < 4.78 is 36.5. The molecule has 4 amide bonds. The monoisotopic (exact) mass is 773 g/mol. The summed E-state index contributed by atoms with van der Waals surface area (Å²) in [6.07, 6.45) is 0.438. The average molecular weight is 774 g/mol. The number of alkyl carbamates (subject to hydrolysis) is 1. The molecule has 0 aliphatic heterocycles. The number of nitrogens with zero attached hydrogens (tertiary/aromatic N) is 2. The van der Waals surface area contributed by atoms with Crippen LogP contribution in [0, 0.1) is 5.82 Å². The van der Waals surface area contributed by atoms with Gasteiger partial charge in [-0.05, 0) is 112 Å². The Bertz CT molecular complexity index is 1580. The van der Waals surface area contributed by atoms with Crippen molar-refractivity contribution in [1.29, 1.82) is 0 Å². The molecule has 0 fully saturated rings. The number of rotatable bonds is 17. The number of hydrogen-bond donors (Lipinski definition) is 3. The van der Waals surface area contributed by atoms with Crippen LogP contribution in [0.15, 0.2) is 42.5 Å². The van der Waals surface area contributed by atoms with Gasteiger partial charge in [-0.1, -0.05) is 18.2 Å². The van der Waals surface area contributed by atoms with E-state index in [2.05, 4.69) is 16.0 Å². The Balaban J connectivity index is 2.06. The molecule has 0 spiro atoms. The maximum Gasteiger partial charge on any atom is 0.410 e. The van der Waals surface area contributed by atoms with Crippen LogP contribution < -0.4 is 16.0 Å². The number of esters is 1. The quantitative estimate of drug-likeness (QED) is 0.0820. The lowest BCUT2D eigenvalue weighted by atomic mass is 10.1. The molecule has 2 rings (SSSR count). The zero-order valence-corrected chi connectivity index (χ0v) is 34.1. The van der Waals surface area contributed by atoms with Crippen molar-refractivity contribution in [2.75, 3.05) is 57.0 Å². The fourth-order valence-electron chi connectivity index (χ4n) is 4.99. The predicted octanol–water partition coefficient (Wildman–Crippen LogP) is 7.84. The number of nitrogens with one attached hydrogen (secondary N) is 3. The number of amides is 4. The third-order valence-corrected chi connectivity index (χ3v) is 7.40. The summed E-state index contributed by atoms with van der Waals surface area (Å²) >= 11 is 0. The van der Waals surface area contributed by atoms with Crippen molar-refractivity contribution in [2.24, 2.45) is 0 Å². The lowest BCUT2D eigenvalue weighted by Gasteiger charge is -2.29. The Hall–Kier alpha value is -5.08. The number of unbranched alkanes of at least 4 members (excludes halogenated alkanes) is 1. The van der Waals surface area contributed by atoms with Gasteiger partial charge in [0.05, 0.1) is 24.0 Å². The first-order valence-corrected chi connectivity index (χ1v) is 18.5. The number of halogens is 1. The molecule has 15 heteroatoms. The second-order valence-electron chi connectivity index (χ2n) is 15.9. The molecule has 0 bridgehead atoms. The number of ether oxygens (including phenoxy) is 4. The van der Waals surface area contributed by atoms with E-state index in [1.165, 1.54) is 6.07 Å². The van der Waals surface area contributed by atoms with Crippen molar-refractivity contribution < 1.29 is 47.3 Å². The van der Waals surface area contributed by atoms with Gasteiger partial charge in [0.1, 0.15) is 22.6 Å². The van der Waals surface area contributed by atoms with Gasteiger partial charge in [-0.2, -0.15) is 0 Å². The Morgan fingerprint density at radius 2 is 1.15 bits per heavy atom. The van der Waals surface area contributed by atoms with Gasteiger partial charge in [-0.3, -0.25) is 4.79 Å². The fourth-order valence-corrected chi connectivity index (χ4v) is 4.99. The second kappa shape index (κ2) is 21.1. The third-order valence-electron chi connectivity index (χ3n) is 7.40. The van der Waals surface area contributed by atoms with Crippen molar-refractivity contribution in [3.8, 4) is 0 Å². The highest BCUT2D eigenvalue weighted by Crippen LogP contribution is 2.26. The van der Waals surface area contributed by atoms with E-state index in [1.807, 2.05) is 0 Å². The molecule has 0 aromatic heterocycles. The number of methoxy groups -OCH3 is 1. The number of hydrogen-bond acceptors (Lipinski definition) is 10. The highest BCUT2D eigenvalue weighted by molar-refractivity contribution is 6.08. The molecule has 0 saturated carbocycles. The normalized spacial score (nSPS) is 11.5. The van der Waals surface area contributed by atoms with Gasteiger partial charge >= 0.3 is 24.2 Å². The SMILES string of the molecule is COC(=O)c1cc(F)c(NCCCN(CCCCN(CCCNC(=O)OC(C)(C)C)C(=O)OC(C)(C)C)C(=O)OC(C)(C)C)cc1NC(=O)c1ccccc1. The van der Waals surface area contributed by atoms with Crippen molar-refractivity contribution in [3.63, 3.8) is 0 Å².